The van der Waals surface area contributed by atoms with Crippen molar-refractivity contribution in [2.75, 3.05) is 40.0 Å². The maximum atomic E-state index is 15.3. The number of guanidine groups is 2. The van der Waals surface area contributed by atoms with E-state index in [0.717, 1.165) is 69.9 Å². The molecule has 3 aliphatic rings. The van der Waals surface area contributed by atoms with E-state index in [0.29, 0.717) is 9.80 Å². The Bertz CT molecular complexity index is 2790. The third kappa shape index (κ3) is 23.0. The molecule has 1 saturated heterocycles. The van der Waals surface area contributed by atoms with Crippen LogP contribution >= 0.6 is 0 Å². The van der Waals surface area contributed by atoms with E-state index in [1.165, 1.54) is 32.6 Å². The summed E-state index contributed by atoms with van der Waals surface area (Å²) in [5.74, 6) is -20.7. The Kier molecular flexibility index (Phi) is 31.1. The molecule has 36 heteroatoms. The number of nitrogens with zero attached hydrogens (tertiary/aromatic N) is 4. The number of ether oxygens (including phenoxy) is 1. The van der Waals surface area contributed by atoms with E-state index in [2.05, 4.69) is 34.7 Å². The summed E-state index contributed by atoms with van der Waals surface area (Å²) in [6.45, 7) is -0.179. The molecule has 0 radical (unpaired) electrons. The van der Waals surface area contributed by atoms with E-state index in [4.69, 9.17) is 33.1 Å². The number of nitrogens with two attached hydrogens (primary N) is 4. The van der Waals surface area contributed by atoms with Crippen LogP contribution in [0.3, 0.4) is 0 Å². The third-order valence-electron chi connectivity index (χ3n) is 16.5. The van der Waals surface area contributed by atoms with Gasteiger partial charge in [0.2, 0.25) is 35.4 Å². The summed E-state index contributed by atoms with van der Waals surface area (Å²) in [6, 6.07) is -13.4. The van der Waals surface area contributed by atoms with Gasteiger partial charge in [-0.05, 0) is 70.1 Å². The number of allylic oxidation sites excluding steroid dienone is 3. The van der Waals surface area contributed by atoms with Crippen LogP contribution in [0.5, 0.6) is 0 Å². The standard InChI is InChI=1S/C57H92N14O22/c1-5-7-8-9-10-11-12-13-14-15-16-17-29-20-30(29)18-19-35(73)46(83)67-41(43(81)52(90)91)50(87)69(4)34(22-39(78)79)49(86)71(57-23-31(57)26-70(53(57)92)55(61)62)28-93-56(3,6-2)44(48(85)63-25-37(75)65-33(27-72)51(88)89)68-47(84)40(42(80)36(74)24-64-54(59)60)66-45(82)32(58)21-38(76)77/h11-12,18-19,29-36,40-44,72-74,80-81H,5-10,13-17,20-28,58H2,1-4H3,(H3,61,62)(H,63,85)(H,65,75)(H,66,82)(H,67,83)(H,68,84)(H,76,77)(H,78,79)(H,88,89)(H,90,91)(H4,59,60,64)/b12-11-,19-18+/t29-,30-,31-,32+,33+,34+,35+,36-,40+,41+,42-,43+,44-,56+,57+/m1/s1. The number of unbranched alkanes of at least 4 members (excludes halogenated alkanes) is 7. The van der Waals surface area contributed by atoms with Crippen molar-refractivity contribution in [2.45, 2.75) is 189 Å². The molecule has 0 aromatic carbocycles. The second-order valence-corrected chi connectivity index (χ2v) is 23.4. The Morgan fingerprint density at radius 2 is 1.42 bits per heavy atom. The van der Waals surface area contributed by atoms with Gasteiger partial charge in [0.25, 0.3) is 11.8 Å². The molecule has 8 amide bonds. The number of aliphatic imine (C=N–C) groups is 1. The van der Waals surface area contributed by atoms with Crippen LogP contribution in [0.15, 0.2) is 29.3 Å². The van der Waals surface area contributed by atoms with E-state index in [1.807, 2.05) is 16.0 Å². The largest absolute Gasteiger partial charge is 0.481 e. The molecule has 15 atom stereocenters. The molecule has 0 unspecified atom stereocenters. The van der Waals surface area contributed by atoms with Gasteiger partial charge in [0.15, 0.2) is 24.1 Å². The van der Waals surface area contributed by atoms with Crippen molar-refractivity contribution in [3.05, 3.63) is 24.3 Å². The van der Waals surface area contributed by atoms with Gasteiger partial charge in [-0.3, -0.25) is 63.2 Å². The number of rotatable bonds is 44. The van der Waals surface area contributed by atoms with Crippen LogP contribution in [-0.2, 0) is 62.3 Å². The lowest BCUT2D eigenvalue weighted by molar-refractivity contribution is -0.171. The first-order valence-corrected chi connectivity index (χ1v) is 30.4. The van der Waals surface area contributed by atoms with Crippen molar-refractivity contribution in [1.82, 2.24) is 41.3 Å². The van der Waals surface area contributed by atoms with Crippen molar-refractivity contribution in [3.63, 3.8) is 0 Å². The van der Waals surface area contributed by atoms with Crippen molar-refractivity contribution in [1.29, 1.82) is 5.41 Å². The number of likely N-dealkylation sites (tertiary alicyclic amines) is 1. The number of hydrogen-bond acceptors (Lipinski definition) is 21. The molecule has 3 rings (SSSR count). The Hall–Kier alpha value is -8.42. The van der Waals surface area contributed by atoms with Crippen molar-refractivity contribution in [3.8, 4) is 0 Å². The van der Waals surface area contributed by atoms with E-state index >= 15 is 4.79 Å². The lowest BCUT2D eigenvalue weighted by atomic mass is 9.91. The Labute approximate surface area is 535 Å². The zero-order valence-corrected chi connectivity index (χ0v) is 52.4. The Balaban J connectivity index is 2.07. The fraction of sp³-hybridized carbons (Fsp3) is 0.684. The zero-order chi connectivity index (χ0) is 70.2. The Morgan fingerprint density at radius 1 is 0.806 bits per heavy atom. The van der Waals surface area contributed by atoms with Gasteiger partial charge in [-0.2, -0.15) is 0 Å². The normalized spacial score (nSPS) is 21.1. The number of carbonyl (C=O) groups excluding carboxylic acids is 8. The summed E-state index contributed by atoms with van der Waals surface area (Å²) in [4.78, 5) is 166. The van der Waals surface area contributed by atoms with Gasteiger partial charge in [0, 0.05) is 19.5 Å². The van der Waals surface area contributed by atoms with E-state index in [1.54, 1.807) is 6.08 Å². The van der Waals surface area contributed by atoms with Gasteiger partial charge in [0.05, 0.1) is 44.2 Å². The molecule has 2 saturated carbocycles. The number of aliphatic hydroxyl groups is 5. The van der Waals surface area contributed by atoms with Gasteiger partial charge in [0.1, 0.15) is 54.7 Å². The molecule has 0 bridgehead atoms. The number of fused-ring (bicyclic) bond motifs is 1. The molecule has 0 spiro atoms. The van der Waals surface area contributed by atoms with Crippen LogP contribution in [0.2, 0.25) is 0 Å². The molecular weight excluding hydrogens is 1230 g/mol. The first kappa shape index (κ1) is 78.8. The Morgan fingerprint density at radius 3 is 1.96 bits per heavy atom. The number of hydrogen-bond donors (Lipinski definition) is 19. The second kappa shape index (κ2) is 36.7. The number of amides is 8. The average molecular weight is 1330 g/mol. The lowest BCUT2D eigenvalue weighted by Gasteiger charge is -2.41. The number of piperidine rings is 1. The molecule has 2 aliphatic carbocycles. The number of aliphatic carboxylic acids is 4. The van der Waals surface area contributed by atoms with E-state index < -0.39 is 206 Å². The van der Waals surface area contributed by atoms with Gasteiger partial charge in [-0.1, -0.05) is 70.3 Å². The number of aliphatic hydroxyl groups excluding tert-OH is 5. The van der Waals surface area contributed by atoms with E-state index in [9.17, 15) is 98.7 Å². The smallest absolute Gasteiger partial charge is 0.335 e. The summed E-state index contributed by atoms with van der Waals surface area (Å²) in [7, 11) is 0.782. The first-order valence-electron chi connectivity index (χ1n) is 30.4. The summed E-state index contributed by atoms with van der Waals surface area (Å²) in [5.41, 5.74) is 17.7. The van der Waals surface area contributed by atoms with Crippen molar-refractivity contribution in [2.24, 2.45) is 45.7 Å². The monoisotopic (exact) mass is 1320 g/mol. The van der Waals surface area contributed by atoms with Gasteiger partial charge in [-0.15, -0.1) is 0 Å². The van der Waals surface area contributed by atoms with Crippen molar-refractivity contribution < 1.29 is 108 Å². The highest BCUT2D eigenvalue weighted by Gasteiger charge is 2.72. The van der Waals surface area contributed by atoms with Gasteiger partial charge in [-0.25, -0.2) is 9.59 Å². The summed E-state index contributed by atoms with van der Waals surface area (Å²) >= 11 is 0. The fourth-order valence-electron chi connectivity index (χ4n) is 10.5. The van der Waals surface area contributed by atoms with Gasteiger partial charge >= 0.3 is 23.9 Å². The molecule has 1 heterocycles. The summed E-state index contributed by atoms with van der Waals surface area (Å²) in [5, 5.41) is 111. The number of carboxylic acid groups (broad SMARTS) is 4. The molecule has 3 fully saturated rings. The maximum Gasteiger partial charge on any atom is 0.335 e. The van der Waals surface area contributed by atoms with E-state index in [-0.39, 0.29) is 24.8 Å². The highest BCUT2D eigenvalue weighted by molar-refractivity contribution is 6.07. The third-order valence-corrected chi connectivity index (χ3v) is 16.5. The SMILES string of the molecule is CCCCCC/C=C\CCCCC[C@@H]1C[C@H]1/C=C/[C@H](O)C(=O)N[C@H](C(=O)N(C)[C@@H](CC(=O)O)C(=O)N(CO[C@@](C)(CC)[C@H](NC(=O)[C@@H](NC(=O)[C@@H](N)CC(=O)O)[C@H](O)[C@H](O)CN=C(N)N)C(=O)NCC(=O)N[C@@H](CO)C(=O)O)[C@@]12C[C@@H]1CN(C(=N)N)C2=O)[C@H](O)C(=O)O. The molecule has 23 N–H and O–H groups in total. The van der Waals surface area contributed by atoms with Crippen LogP contribution in [-0.4, -0.2) is 256 Å². The number of carboxylic acids is 4. The van der Waals surface area contributed by atoms with Crippen LogP contribution in [0.4, 0.5) is 0 Å². The van der Waals surface area contributed by atoms with Crippen LogP contribution in [0, 0.1) is 23.2 Å². The predicted octanol–water partition coefficient (Wildman–Crippen LogP) is -5.84. The van der Waals surface area contributed by atoms with Gasteiger partial charge < -0.3 is 110 Å². The number of carbonyl (C=O) groups is 12. The average Bonchev–Trinajstić information content (AvgIpc) is 1.53. The number of nitrogens with one attached hydrogen (secondary N) is 6. The first-order chi connectivity index (χ1) is 43.6. The predicted molar refractivity (Wildman–Crippen MR) is 325 cm³/mol. The molecule has 0 aromatic rings. The highest BCUT2D eigenvalue weighted by atomic mass is 16.5. The van der Waals surface area contributed by atoms with Crippen LogP contribution < -0.4 is 49.5 Å². The quantitative estimate of drug-likeness (QED) is 0.00888. The second-order valence-electron chi connectivity index (χ2n) is 23.4. The maximum absolute atomic E-state index is 15.3. The fourth-order valence-corrected chi connectivity index (χ4v) is 10.5. The molecule has 1 aliphatic heterocycles. The molecule has 36 nitrogen and oxygen atoms in total. The topological polar surface area (TPSA) is 606 Å². The molecular formula is C57H92N14O22. The lowest BCUT2D eigenvalue weighted by Crippen LogP contribution is -2.67. The van der Waals surface area contributed by atoms with Crippen LogP contribution in [0.25, 0.3) is 0 Å². The van der Waals surface area contributed by atoms with Crippen LogP contribution in [0.1, 0.15) is 117 Å². The minimum atomic E-state index is -2.82. The summed E-state index contributed by atoms with van der Waals surface area (Å²) < 4.78 is 6.30. The zero-order valence-electron chi connectivity index (χ0n) is 52.4. The minimum Gasteiger partial charge on any atom is -0.481 e. The molecule has 93 heavy (non-hydrogen) atoms. The molecule has 0 aromatic heterocycles. The number of likely N-dealkylation sites (N-methyl/N-ethyl adjacent to an activating group) is 1. The summed E-state index contributed by atoms with van der Waals surface area (Å²) in [6.07, 6.45) is 5.92. The minimum absolute atomic E-state index is 0.00573. The molecule has 522 valence electrons. The highest BCUT2D eigenvalue weighted by Crippen LogP contribution is 2.55. The van der Waals surface area contributed by atoms with Crippen molar-refractivity contribution >= 4 is 83.1 Å².